The average Bonchev–Trinajstić information content (AvgIpc) is 2.84. The summed E-state index contributed by atoms with van der Waals surface area (Å²) in [5.74, 6) is -0.276. The van der Waals surface area contributed by atoms with Crippen LogP contribution in [0.25, 0.3) is 6.08 Å². The van der Waals surface area contributed by atoms with Crippen molar-refractivity contribution < 1.29 is 9.59 Å². The third-order valence-electron chi connectivity index (χ3n) is 3.61. The van der Waals surface area contributed by atoms with E-state index in [0.717, 1.165) is 5.56 Å². The van der Waals surface area contributed by atoms with Crippen LogP contribution in [0.5, 0.6) is 0 Å². The van der Waals surface area contributed by atoms with Crippen LogP contribution in [0.1, 0.15) is 18.1 Å². The van der Waals surface area contributed by atoms with Gasteiger partial charge in [0.25, 0.3) is 5.91 Å². The summed E-state index contributed by atoms with van der Waals surface area (Å²) in [7, 11) is 0. The number of benzene rings is 2. The van der Waals surface area contributed by atoms with Crippen molar-refractivity contribution in [1.82, 2.24) is 0 Å². The van der Waals surface area contributed by atoms with E-state index in [-0.39, 0.29) is 11.8 Å². The first-order valence-corrected chi connectivity index (χ1v) is 8.89. The molecular formula is C19H16N2O2S2. The van der Waals surface area contributed by atoms with Gasteiger partial charge in [0.05, 0.1) is 10.6 Å². The summed E-state index contributed by atoms with van der Waals surface area (Å²) in [6.07, 6.45) is 1.85. The highest BCUT2D eigenvalue weighted by atomic mass is 32.2. The molecule has 1 heterocycles. The number of amides is 2. The Kier molecular flexibility index (Phi) is 5.01. The first-order valence-electron chi connectivity index (χ1n) is 7.66. The number of nitrogens with one attached hydrogen (secondary N) is 1. The fraction of sp³-hybridized carbons (Fsp3) is 0.105. The van der Waals surface area contributed by atoms with Crippen LogP contribution in [0.2, 0.25) is 0 Å². The number of thiocarbonyl (C=S) groups is 1. The van der Waals surface area contributed by atoms with Gasteiger partial charge < -0.3 is 5.32 Å². The highest BCUT2D eigenvalue weighted by Crippen LogP contribution is 2.36. The standard InChI is InChI=1S/C19H16N2O2S2/c1-12-3-5-14(6-4-12)11-17-18(23)21(19(24)25-17)16-9-7-15(8-10-16)20-13(2)22/h3-11H,1-2H3,(H,20,22). The third-order valence-corrected chi connectivity index (χ3v) is 4.92. The smallest absolute Gasteiger partial charge is 0.270 e. The van der Waals surface area contributed by atoms with E-state index >= 15 is 0 Å². The van der Waals surface area contributed by atoms with E-state index in [4.69, 9.17) is 12.2 Å². The Morgan fingerprint density at radius 1 is 1.12 bits per heavy atom. The molecule has 6 heteroatoms. The maximum atomic E-state index is 12.7. The second-order valence-corrected chi connectivity index (χ2v) is 7.33. The highest BCUT2D eigenvalue weighted by Gasteiger charge is 2.33. The average molecular weight is 368 g/mol. The van der Waals surface area contributed by atoms with Gasteiger partial charge in [0, 0.05) is 12.6 Å². The predicted molar refractivity (Wildman–Crippen MR) is 108 cm³/mol. The summed E-state index contributed by atoms with van der Waals surface area (Å²) in [4.78, 5) is 25.9. The fourth-order valence-corrected chi connectivity index (χ4v) is 3.70. The van der Waals surface area contributed by atoms with Gasteiger partial charge in [0.2, 0.25) is 5.91 Å². The van der Waals surface area contributed by atoms with Gasteiger partial charge in [-0.05, 0) is 42.8 Å². The van der Waals surface area contributed by atoms with E-state index in [2.05, 4.69) is 5.32 Å². The maximum absolute atomic E-state index is 12.7. The van der Waals surface area contributed by atoms with Crippen molar-refractivity contribution >= 4 is 57.6 Å². The molecule has 4 nitrogen and oxygen atoms in total. The Morgan fingerprint density at radius 3 is 2.36 bits per heavy atom. The van der Waals surface area contributed by atoms with Crippen LogP contribution in [0.3, 0.4) is 0 Å². The van der Waals surface area contributed by atoms with E-state index < -0.39 is 0 Å². The molecule has 1 fully saturated rings. The minimum atomic E-state index is -0.139. The topological polar surface area (TPSA) is 49.4 Å². The fourth-order valence-electron chi connectivity index (χ4n) is 2.40. The van der Waals surface area contributed by atoms with E-state index in [9.17, 15) is 9.59 Å². The van der Waals surface area contributed by atoms with Crippen LogP contribution in [0.15, 0.2) is 53.4 Å². The number of nitrogens with zero attached hydrogens (tertiary/aromatic N) is 1. The van der Waals surface area contributed by atoms with Crippen molar-refractivity contribution in [2.45, 2.75) is 13.8 Å². The molecule has 25 heavy (non-hydrogen) atoms. The molecule has 0 atom stereocenters. The van der Waals surface area contributed by atoms with Gasteiger partial charge >= 0.3 is 0 Å². The SMILES string of the molecule is CC(=O)Nc1ccc(N2C(=O)C(=Cc3ccc(C)cc3)SC2=S)cc1. The van der Waals surface area contributed by atoms with Crippen LogP contribution in [-0.2, 0) is 9.59 Å². The molecule has 2 aromatic carbocycles. The van der Waals surface area contributed by atoms with Gasteiger partial charge in [-0.3, -0.25) is 14.5 Å². The Hall–Kier alpha value is -2.44. The molecule has 3 rings (SSSR count). The lowest BCUT2D eigenvalue weighted by Crippen LogP contribution is -2.27. The molecule has 0 saturated carbocycles. The predicted octanol–water partition coefficient (Wildman–Crippen LogP) is 4.36. The number of carbonyl (C=O) groups excluding carboxylic acids is 2. The van der Waals surface area contributed by atoms with E-state index in [1.165, 1.54) is 29.1 Å². The van der Waals surface area contributed by atoms with Gasteiger partial charge in [-0.15, -0.1) is 0 Å². The van der Waals surface area contributed by atoms with Gasteiger partial charge in [-0.1, -0.05) is 53.8 Å². The summed E-state index contributed by atoms with van der Waals surface area (Å²) in [5, 5.41) is 2.70. The molecule has 0 bridgehead atoms. The van der Waals surface area contributed by atoms with Crippen molar-refractivity contribution in [3.05, 3.63) is 64.6 Å². The van der Waals surface area contributed by atoms with Crippen molar-refractivity contribution in [3.8, 4) is 0 Å². The summed E-state index contributed by atoms with van der Waals surface area (Å²) in [6.45, 7) is 3.47. The first kappa shape index (κ1) is 17.4. The highest BCUT2D eigenvalue weighted by molar-refractivity contribution is 8.27. The molecule has 0 aliphatic carbocycles. The molecule has 1 aliphatic rings. The maximum Gasteiger partial charge on any atom is 0.270 e. The minimum absolute atomic E-state index is 0.136. The monoisotopic (exact) mass is 368 g/mol. The Balaban J connectivity index is 1.83. The number of rotatable bonds is 3. The molecule has 2 aromatic rings. The number of hydrogen-bond acceptors (Lipinski definition) is 4. The lowest BCUT2D eigenvalue weighted by atomic mass is 10.1. The molecule has 0 unspecified atom stereocenters. The second-order valence-electron chi connectivity index (χ2n) is 5.66. The number of anilines is 2. The molecule has 0 radical (unpaired) electrons. The van der Waals surface area contributed by atoms with Crippen molar-refractivity contribution in [1.29, 1.82) is 0 Å². The first-order chi connectivity index (χ1) is 11.9. The Morgan fingerprint density at radius 2 is 1.76 bits per heavy atom. The minimum Gasteiger partial charge on any atom is -0.326 e. The third kappa shape index (κ3) is 3.97. The van der Waals surface area contributed by atoms with Crippen LogP contribution < -0.4 is 10.2 Å². The largest absolute Gasteiger partial charge is 0.326 e. The molecule has 1 aliphatic heterocycles. The quantitative estimate of drug-likeness (QED) is 0.646. The summed E-state index contributed by atoms with van der Waals surface area (Å²) in [5.41, 5.74) is 3.50. The van der Waals surface area contributed by atoms with Gasteiger partial charge in [0.1, 0.15) is 0 Å². The van der Waals surface area contributed by atoms with Crippen molar-refractivity contribution in [3.63, 3.8) is 0 Å². The summed E-state index contributed by atoms with van der Waals surface area (Å²) >= 11 is 6.66. The van der Waals surface area contributed by atoms with Crippen LogP contribution >= 0.6 is 24.0 Å². The number of thioether (sulfide) groups is 1. The molecule has 1 N–H and O–H groups in total. The molecule has 126 valence electrons. The zero-order valence-corrected chi connectivity index (χ0v) is 15.4. The van der Waals surface area contributed by atoms with Gasteiger partial charge in [0.15, 0.2) is 4.32 Å². The number of aryl methyl sites for hydroxylation is 1. The number of carbonyl (C=O) groups is 2. The Bertz CT molecular complexity index is 871. The summed E-state index contributed by atoms with van der Waals surface area (Å²) < 4.78 is 0.496. The molecule has 2 amide bonds. The summed E-state index contributed by atoms with van der Waals surface area (Å²) in [6, 6.07) is 15.0. The zero-order chi connectivity index (χ0) is 18.0. The lowest BCUT2D eigenvalue weighted by molar-refractivity contribution is -0.114. The zero-order valence-electron chi connectivity index (χ0n) is 13.8. The van der Waals surface area contributed by atoms with E-state index in [1.807, 2.05) is 37.3 Å². The van der Waals surface area contributed by atoms with Crippen LogP contribution in [0, 0.1) is 6.92 Å². The van der Waals surface area contributed by atoms with Crippen molar-refractivity contribution in [2.75, 3.05) is 10.2 Å². The molecular weight excluding hydrogens is 352 g/mol. The lowest BCUT2D eigenvalue weighted by Gasteiger charge is -2.15. The van der Waals surface area contributed by atoms with Gasteiger partial charge in [-0.2, -0.15) is 0 Å². The second kappa shape index (κ2) is 7.21. The van der Waals surface area contributed by atoms with Crippen LogP contribution in [0.4, 0.5) is 11.4 Å². The molecule has 0 aromatic heterocycles. The van der Waals surface area contributed by atoms with E-state index in [1.54, 1.807) is 24.3 Å². The van der Waals surface area contributed by atoms with Gasteiger partial charge in [-0.25, -0.2) is 0 Å². The van der Waals surface area contributed by atoms with Crippen molar-refractivity contribution in [2.24, 2.45) is 0 Å². The Labute approximate surface area is 155 Å². The normalized spacial score (nSPS) is 15.8. The molecule has 1 saturated heterocycles. The van der Waals surface area contributed by atoms with E-state index in [0.29, 0.717) is 20.6 Å². The molecule has 0 spiro atoms. The van der Waals surface area contributed by atoms with Crippen LogP contribution in [-0.4, -0.2) is 16.1 Å². The number of hydrogen-bond donors (Lipinski definition) is 1.